The molecule has 0 saturated carbocycles. The van der Waals surface area contributed by atoms with E-state index in [4.69, 9.17) is 11.6 Å². The van der Waals surface area contributed by atoms with Gasteiger partial charge in [0.25, 0.3) is 0 Å². The van der Waals surface area contributed by atoms with Crippen LogP contribution >= 0.6 is 34.7 Å². The quantitative estimate of drug-likeness (QED) is 0.419. The van der Waals surface area contributed by atoms with Crippen molar-refractivity contribution in [2.24, 2.45) is 14.1 Å². The van der Waals surface area contributed by atoms with Crippen LogP contribution in [0.15, 0.2) is 53.1 Å². The highest BCUT2D eigenvalue weighted by molar-refractivity contribution is 7.99. The minimum Gasteiger partial charge on any atom is -0.354 e. The number of rotatable bonds is 7. The van der Waals surface area contributed by atoms with E-state index in [9.17, 15) is 4.79 Å². The largest absolute Gasteiger partial charge is 0.354 e. The van der Waals surface area contributed by atoms with Crippen molar-refractivity contribution in [1.29, 1.82) is 0 Å². The summed E-state index contributed by atoms with van der Waals surface area (Å²) in [4.78, 5) is 16.8. The van der Waals surface area contributed by atoms with Crippen LogP contribution in [0, 0.1) is 0 Å². The molecule has 4 rings (SSSR count). The molecule has 0 radical (unpaired) electrons. The van der Waals surface area contributed by atoms with Crippen LogP contribution in [0.5, 0.6) is 0 Å². The Labute approximate surface area is 187 Å². The van der Waals surface area contributed by atoms with Gasteiger partial charge in [0.1, 0.15) is 5.82 Å². The number of halogens is 1. The van der Waals surface area contributed by atoms with Crippen molar-refractivity contribution in [2.45, 2.75) is 11.6 Å². The van der Waals surface area contributed by atoms with Gasteiger partial charge in [-0.05, 0) is 24.3 Å². The van der Waals surface area contributed by atoms with E-state index in [1.165, 1.54) is 23.1 Å². The van der Waals surface area contributed by atoms with Crippen molar-refractivity contribution in [3.63, 3.8) is 0 Å². The minimum atomic E-state index is -0.135. The van der Waals surface area contributed by atoms with Gasteiger partial charge in [0.2, 0.25) is 5.91 Å². The zero-order valence-corrected chi connectivity index (χ0v) is 18.8. The molecule has 0 aliphatic heterocycles. The average molecular weight is 459 g/mol. The summed E-state index contributed by atoms with van der Waals surface area (Å²) in [7, 11) is 3.92. The topological polar surface area (TPSA) is 77.6 Å². The second-order valence-corrected chi connectivity index (χ2v) is 8.86. The zero-order valence-electron chi connectivity index (χ0n) is 16.4. The van der Waals surface area contributed by atoms with Gasteiger partial charge in [0.15, 0.2) is 10.3 Å². The summed E-state index contributed by atoms with van der Waals surface area (Å²) < 4.78 is 3.98. The molecule has 0 saturated heterocycles. The van der Waals surface area contributed by atoms with Gasteiger partial charge in [-0.25, -0.2) is 4.98 Å². The molecule has 10 heteroatoms. The molecule has 1 N–H and O–H groups in total. The Morgan fingerprint density at radius 1 is 1.20 bits per heavy atom. The van der Waals surface area contributed by atoms with Crippen LogP contribution < -0.4 is 5.32 Å². The highest BCUT2D eigenvalue weighted by Crippen LogP contribution is 2.26. The molecule has 0 unspecified atom stereocenters. The van der Waals surface area contributed by atoms with Crippen LogP contribution in [0.1, 0.15) is 11.5 Å². The Bertz CT molecular complexity index is 1160. The fraction of sp³-hybridized carbons (Fsp3) is 0.200. The van der Waals surface area contributed by atoms with Gasteiger partial charge in [-0.3, -0.25) is 4.79 Å². The first-order chi connectivity index (χ1) is 14.5. The first kappa shape index (κ1) is 20.6. The molecule has 0 aliphatic rings. The number of nitrogens with zero attached hydrogens (tertiary/aromatic N) is 5. The van der Waals surface area contributed by atoms with Gasteiger partial charge in [0, 0.05) is 48.4 Å². The van der Waals surface area contributed by atoms with Crippen molar-refractivity contribution < 1.29 is 4.79 Å². The molecule has 0 bridgehead atoms. The number of carbonyl (C=O) groups is 1. The number of amides is 1. The molecule has 0 atom stereocenters. The third kappa shape index (κ3) is 4.75. The SMILES string of the molecule is Cn1cccc1Cc1nnc(SCC(=O)Nc2nc(-c3ccc(Cl)cc3)cs2)n1C. The maximum atomic E-state index is 12.4. The summed E-state index contributed by atoms with van der Waals surface area (Å²) in [5, 5.41) is 15.2. The average Bonchev–Trinajstić information content (AvgIpc) is 3.44. The molecule has 3 heterocycles. The number of thioether (sulfide) groups is 1. The van der Waals surface area contributed by atoms with E-state index in [2.05, 4.69) is 31.1 Å². The molecular weight excluding hydrogens is 440 g/mol. The molecule has 30 heavy (non-hydrogen) atoms. The lowest BCUT2D eigenvalue weighted by Gasteiger charge is -2.05. The van der Waals surface area contributed by atoms with E-state index in [0.717, 1.165) is 22.8 Å². The number of thiazole rings is 1. The molecule has 0 spiro atoms. The fourth-order valence-electron chi connectivity index (χ4n) is 2.84. The minimum absolute atomic E-state index is 0.135. The van der Waals surface area contributed by atoms with Gasteiger partial charge in [-0.2, -0.15) is 0 Å². The van der Waals surface area contributed by atoms with Crippen molar-refractivity contribution in [1.82, 2.24) is 24.3 Å². The lowest BCUT2D eigenvalue weighted by atomic mass is 10.2. The summed E-state index contributed by atoms with van der Waals surface area (Å²) in [5.41, 5.74) is 2.91. The maximum absolute atomic E-state index is 12.4. The highest BCUT2D eigenvalue weighted by atomic mass is 35.5. The summed E-state index contributed by atoms with van der Waals surface area (Å²) in [6, 6.07) is 11.5. The molecule has 7 nitrogen and oxygen atoms in total. The van der Waals surface area contributed by atoms with Crippen LogP contribution in [0.25, 0.3) is 11.3 Å². The summed E-state index contributed by atoms with van der Waals surface area (Å²) >= 11 is 8.66. The number of aryl methyl sites for hydroxylation is 1. The van der Waals surface area contributed by atoms with E-state index >= 15 is 0 Å². The first-order valence-corrected chi connectivity index (χ1v) is 11.4. The molecule has 4 aromatic rings. The second kappa shape index (κ2) is 9.03. The highest BCUT2D eigenvalue weighted by Gasteiger charge is 2.14. The number of carbonyl (C=O) groups excluding carboxylic acids is 1. The first-order valence-electron chi connectivity index (χ1n) is 9.12. The number of benzene rings is 1. The molecule has 154 valence electrons. The Kier molecular flexibility index (Phi) is 6.21. The standard InChI is InChI=1S/C20H19ClN6OS2/c1-26-9-3-4-15(26)10-17-24-25-20(27(17)2)30-12-18(28)23-19-22-16(11-29-19)13-5-7-14(21)8-6-13/h3-9,11H,10,12H2,1-2H3,(H,22,23,28). The summed E-state index contributed by atoms with van der Waals surface area (Å²) in [5.74, 6) is 0.947. The summed E-state index contributed by atoms with van der Waals surface area (Å²) in [6.45, 7) is 0. The summed E-state index contributed by atoms with van der Waals surface area (Å²) in [6.07, 6.45) is 2.69. The van der Waals surface area contributed by atoms with Crippen molar-refractivity contribution in [2.75, 3.05) is 11.1 Å². The molecule has 0 fully saturated rings. The van der Waals surface area contributed by atoms with Gasteiger partial charge in [-0.15, -0.1) is 21.5 Å². The van der Waals surface area contributed by atoms with Crippen LogP contribution in [0.3, 0.4) is 0 Å². The number of nitrogens with one attached hydrogen (secondary N) is 1. The van der Waals surface area contributed by atoms with E-state index in [1.807, 2.05) is 60.6 Å². The normalized spacial score (nSPS) is 11.0. The van der Waals surface area contributed by atoms with Crippen LogP contribution in [0.2, 0.25) is 5.02 Å². The van der Waals surface area contributed by atoms with E-state index in [-0.39, 0.29) is 11.7 Å². The lowest BCUT2D eigenvalue weighted by Crippen LogP contribution is -2.14. The molecule has 3 aromatic heterocycles. The Hall–Kier alpha value is -2.62. The molecule has 1 amide bonds. The van der Waals surface area contributed by atoms with E-state index in [1.54, 1.807) is 0 Å². The van der Waals surface area contributed by atoms with Gasteiger partial charge in [-0.1, -0.05) is 35.5 Å². The van der Waals surface area contributed by atoms with Crippen molar-refractivity contribution in [3.05, 3.63) is 64.5 Å². The van der Waals surface area contributed by atoms with Crippen LogP contribution in [-0.4, -0.2) is 36.0 Å². The number of anilines is 1. The number of hydrogen-bond acceptors (Lipinski definition) is 6. The number of hydrogen-bond donors (Lipinski definition) is 1. The Balaban J connectivity index is 1.33. The van der Waals surface area contributed by atoms with Crippen LogP contribution in [-0.2, 0) is 25.3 Å². The van der Waals surface area contributed by atoms with Gasteiger partial charge >= 0.3 is 0 Å². The fourth-order valence-corrected chi connectivity index (χ4v) is 4.43. The maximum Gasteiger partial charge on any atom is 0.236 e. The molecule has 0 aliphatic carbocycles. The van der Waals surface area contributed by atoms with E-state index < -0.39 is 0 Å². The Morgan fingerprint density at radius 3 is 2.73 bits per heavy atom. The van der Waals surface area contributed by atoms with Gasteiger partial charge in [0.05, 0.1) is 11.4 Å². The lowest BCUT2D eigenvalue weighted by molar-refractivity contribution is -0.113. The molecule has 1 aromatic carbocycles. The number of aromatic nitrogens is 5. The second-order valence-electron chi connectivity index (χ2n) is 6.63. The third-order valence-electron chi connectivity index (χ3n) is 4.54. The van der Waals surface area contributed by atoms with Crippen molar-refractivity contribution in [3.8, 4) is 11.3 Å². The smallest absolute Gasteiger partial charge is 0.236 e. The van der Waals surface area contributed by atoms with Crippen molar-refractivity contribution >= 4 is 45.7 Å². The predicted molar refractivity (Wildman–Crippen MR) is 121 cm³/mol. The van der Waals surface area contributed by atoms with Gasteiger partial charge < -0.3 is 14.5 Å². The van der Waals surface area contributed by atoms with E-state index in [0.29, 0.717) is 21.7 Å². The predicted octanol–water partition coefficient (Wildman–Crippen LogP) is 4.25. The van der Waals surface area contributed by atoms with Crippen LogP contribution in [0.4, 0.5) is 5.13 Å². The third-order valence-corrected chi connectivity index (χ3v) is 6.57. The Morgan fingerprint density at radius 2 is 2.00 bits per heavy atom. The monoisotopic (exact) mass is 458 g/mol. The zero-order chi connectivity index (χ0) is 21.1. The molecular formula is C20H19ClN6OS2.